The molecule has 2 rings (SSSR count). The van der Waals surface area contributed by atoms with Crippen molar-refractivity contribution in [1.29, 1.82) is 0 Å². The predicted octanol–water partition coefficient (Wildman–Crippen LogP) is 0.673. The molecule has 0 radical (unpaired) electrons. The number of benzene rings is 1. The van der Waals surface area contributed by atoms with Crippen LogP contribution < -0.4 is 5.32 Å². The zero-order valence-electron chi connectivity index (χ0n) is 6.06. The van der Waals surface area contributed by atoms with Crippen molar-refractivity contribution >= 4 is 23.4 Å². The molecule has 12 heavy (non-hydrogen) atoms. The summed E-state index contributed by atoms with van der Waals surface area (Å²) < 4.78 is 11.7. The van der Waals surface area contributed by atoms with Crippen LogP contribution in [-0.2, 0) is 11.4 Å². The maximum atomic E-state index is 11.3. The van der Waals surface area contributed by atoms with E-state index in [4.69, 9.17) is 0 Å². The van der Waals surface area contributed by atoms with Crippen molar-refractivity contribution in [2.75, 3.05) is 5.32 Å². The summed E-state index contributed by atoms with van der Waals surface area (Å²) in [5.41, 5.74) is 0.725. The number of nitrogens with zero attached hydrogens (tertiary/aromatic N) is 1. The summed E-state index contributed by atoms with van der Waals surface area (Å²) in [4.78, 5) is 0.523. The molecule has 0 aliphatic carbocycles. The molecule has 1 atom stereocenters. The van der Waals surface area contributed by atoms with E-state index in [1.807, 2.05) is 6.07 Å². The lowest BCUT2D eigenvalue weighted by atomic mass is 10.3. The monoisotopic (exact) mass is 182 g/mol. The van der Waals surface area contributed by atoms with Gasteiger partial charge in [0.15, 0.2) is 17.0 Å². The minimum Gasteiger partial charge on any atom is -0.670 e. The van der Waals surface area contributed by atoms with Gasteiger partial charge in [0.25, 0.3) is 6.34 Å². The largest absolute Gasteiger partial charge is 0.670 e. The van der Waals surface area contributed by atoms with Crippen molar-refractivity contribution in [2.45, 2.75) is 4.90 Å². The SMILES string of the molecule is [O-][N+]1=CNc2ccccc2[S+]1[O-]. The molecular formula is C7H6N2O2S. The van der Waals surface area contributed by atoms with Crippen LogP contribution in [0.3, 0.4) is 0 Å². The van der Waals surface area contributed by atoms with Gasteiger partial charge in [0.05, 0.1) is 0 Å². The van der Waals surface area contributed by atoms with Crippen molar-refractivity contribution in [3.05, 3.63) is 29.5 Å². The van der Waals surface area contributed by atoms with Crippen LogP contribution in [0.1, 0.15) is 0 Å². The number of nitrogens with one attached hydrogen (secondary N) is 1. The summed E-state index contributed by atoms with van der Waals surface area (Å²) in [5, 5.41) is 13.6. The minimum absolute atomic E-state index is 0.391. The standard InChI is InChI=1S/C7H6N2O2S/c10-9-5-8-6-3-1-2-4-7(6)12(9)11/h1-5,8H. The molecule has 0 bridgehead atoms. The molecule has 1 unspecified atom stereocenters. The molecule has 1 N–H and O–H groups in total. The Bertz CT molecular complexity index is 340. The third-order valence-corrected chi connectivity index (χ3v) is 2.73. The summed E-state index contributed by atoms with van der Waals surface area (Å²) in [7, 11) is 0. The second kappa shape index (κ2) is 2.69. The van der Waals surface area contributed by atoms with Crippen molar-refractivity contribution in [3.63, 3.8) is 0 Å². The zero-order valence-corrected chi connectivity index (χ0v) is 6.88. The van der Waals surface area contributed by atoms with E-state index < -0.39 is 11.4 Å². The van der Waals surface area contributed by atoms with E-state index in [1.165, 1.54) is 0 Å². The van der Waals surface area contributed by atoms with Crippen LogP contribution in [-0.4, -0.2) is 15.0 Å². The lowest BCUT2D eigenvalue weighted by Gasteiger charge is -2.15. The Morgan fingerprint density at radius 2 is 2.08 bits per heavy atom. The van der Waals surface area contributed by atoms with Crippen LogP contribution in [0.25, 0.3) is 0 Å². The maximum absolute atomic E-state index is 11.3. The highest BCUT2D eigenvalue weighted by Crippen LogP contribution is 2.23. The molecule has 0 amide bonds. The highest BCUT2D eigenvalue weighted by atomic mass is 32.2. The summed E-state index contributed by atoms with van der Waals surface area (Å²) in [6.07, 6.45) is 1.15. The van der Waals surface area contributed by atoms with Crippen molar-refractivity contribution in [3.8, 4) is 0 Å². The summed E-state index contributed by atoms with van der Waals surface area (Å²) >= 11 is -1.60. The number of fused-ring (bicyclic) bond motifs is 1. The number of hydrogen-bond donors (Lipinski definition) is 1. The van der Waals surface area contributed by atoms with Gasteiger partial charge in [-0.3, -0.25) is 0 Å². The fourth-order valence-corrected chi connectivity index (χ4v) is 1.86. The van der Waals surface area contributed by atoms with Gasteiger partial charge in [0, 0.05) is 6.07 Å². The van der Waals surface area contributed by atoms with E-state index in [1.54, 1.807) is 18.2 Å². The van der Waals surface area contributed by atoms with Crippen molar-refractivity contribution in [1.82, 2.24) is 0 Å². The minimum atomic E-state index is -1.60. The highest BCUT2D eigenvalue weighted by Gasteiger charge is 2.26. The molecule has 62 valence electrons. The van der Waals surface area contributed by atoms with Crippen molar-refractivity contribution in [2.24, 2.45) is 0 Å². The quantitative estimate of drug-likeness (QED) is 0.364. The Balaban J connectivity index is 2.49. The van der Waals surface area contributed by atoms with Gasteiger partial charge in [-0.2, -0.15) is 0 Å². The first-order valence-electron chi connectivity index (χ1n) is 3.36. The van der Waals surface area contributed by atoms with Crippen LogP contribution in [0.4, 0.5) is 5.69 Å². The Labute approximate surface area is 72.4 Å². The number of anilines is 1. The van der Waals surface area contributed by atoms with Gasteiger partial charge < -0.3 is 9.76 Å². The normalized spacial score (nSPS) is 20.8. The Kier molecular flexibility index (Phi) is 1.67. The van der Waals surface area contributed by atoms with E-state index in [2.05, 4.69) is 5.32 Å². The van der Waals surface area contributed by atoms with Gasteiger partial charge in [-0.05, 0) is 6.07 Å². The zero-order chi connectivity index (χ0) is 8.55. The molecule has 1 aromatic rings. The number of rotatable bonds is 0. The topological polar surface area (TPSA) is 61.2 Å². The van der Waals surface area contributed by atoms with Crippen LogP contribution >= 0.6 is 0 Å². The first-order valence-corrected chi connectivity index (χ1v) is 4.47. The molecule has 0 saturated heterocycles. The molecule has 1 aromatic carbocycles. The maximum Gasteiger partial charge on any atom is 0.290 e. The van der Waals surface area contributed by atoms with E-state index in [0.29, 0.717) is 9.04 Å². The van der Waals surface area contributed by atoms with Crippen LogP contribution in [0.5, 0.6) is 0 Å². The third kappa shape index (κ3) is 1.03. The fraction of sp³-hybridized carbons (Fsp3) is 0. The summed E-state index contributed by atoms with van der Waals surface area (Å²) in [5.74, 6) is 0. The molecule has 4 nitrogen and oxygen atoms in total. The molecule has 5 heteroatoms. The smallest absolute Gasteiger partial charge is 0.290 e. The average Bonchev–Trinajstić information content (AvgIpc) is 2.12. The Morgan fingerprint density at radius 3 is 2.92 bits per heavy atom. The van der Waals surface area contributed by atoms with Gasteiger partial charge >= 0.3 is 0 Å². The van der Waals surface area contributed by atoms with Gasteiger partial charge in [-0.1, -0.05) is 16.3 Å². The molecule has 0 saturated carbocycles. The van der Waals surface area contributed by atoms with Gasteiger partial charge in [-0.15, -0.1) is 0 Å². The van der Waals surface area contributed by atoms with Crippen molar-refractivity contribution < 1.29 is 8.70 Å². The molecule has 1 heterocycles. The lowest BCUT2D eigenvalue weighted by molar-refractivity contribution is -0.275. The molecule has 0 aromatic heterocycles. The number of para-hydroxylation sites is 1. The van der Waals surface area contributed by atoms with Gasteiger partial charge in [0.1, 0.15) is 0 Å². The van der Waals surface area contributed by atoms with E-state index >= 15 is 0 Å². The first kappa shape index (κ1) is 7.45. The van der Waals surface area contributed by atoms with E-state index in [0.717, 1.165) is 12.0 Å². The average molecular weight is 182 g/mol. The van der Waals surface area contributed by atoms with Gasteiger partial charge in [0.2, 0.25) is 4.90 Å². The highest BCUT2D eigenvalue weighted by molar-refractivity contribution is 7.85. The third-order valence-electron chi connectivity index (χ3n) is 1.56. The number of hydrogen-bond acceptors (Lipinski definition) is 3. The first-order chi connectivity index (χ1) is 5.79. The second-order valence-electron chi connectivity index (χ2n) is 2.30. The molecule has 0 spiro atoms. The van der Waals surface area contributed by atoms with Crippen LogP contribution in [0.2, 0.25) is 0 Å². The second-order valence-corrected chi connectivity index (χ2v) is 3.60. The summed E-state index contributed by atoms with van der Waals surface area (Å²) in [6, 6.07) is 7.00. The molecular weight excluding hydrogens is 176 g/mol. The summed E-state index contributed by atoms with van der Waals surface area (Å²) in [6.45, 7) is 0. The Morgan fingerprint density at radius 1 is 1.33 bits per heavy atom. The predicted molar refractivity (Wildman–Crippen MR) is 46.2 cm³/mol. The lowest BCUT2D eigenvalue weighted by Crippen LogP contribution is -2.25. The Hall–Kier alpha value is -1.20. The molecule has 1 aliphatic rings. The fourth-order valence-electron chi connectivity index (χ4n) is 1.01. The molecule has 1 aliphatic heterocycles. The van der Waals surface area contributed by atoms with Crippen LogP contribution in [0, 0.1) is 5.21 Å². The van der Waals surface area contributed by atoms with Gasteiger partial charge in [-0.25, -0.2) is 5.32 Å². The van der Waals surface area contributed by atoms with E-state index in [-0.39, 0.29) is 0 Å². The molecule has 0 fully saturated rings. The van der Waals surface area contributed by atoms with Crippen LogP contribution in [0.15, 0.2) is 29.2 Å². The van der Waals surface area contributed by atoms with E-state index in [9.17, 15) is 9.76 Å².